The molecule has 0 bridgehead atoms. The number of nitrogens with one attached hydrogen (secondary N) is 1. The average molecular weight is 330 g/mol. The number of halogens is 1. The Balaban J connectivity index is 2.15. The Morgan fingerprint density at radius 2 is 1.90 bits per heavy atom. The summed E-state index contributed by atoms with van der Waals surface area (Å²) < 4.78 is 0. The lowest BCUT2D eigenvalue weighted by Crippen LogP contribution is -2.35. The number of thioether (sulfide) groups is 1. The molecule has 0 amide bonds. The Hall–Kier alpha value is -0.750. The maximum absolute atomic E-state index is 6.06. The topological polar surface area (TPSA) is 53.9 Å². The van der Waals surface area contributed by atoms with Gasteiger partial charge in [-0.15, -0.1) is 0 Å². The van der Waals surface area contributed by atoms with Crippen molar-refractivity contribution in [2.75, 3.05) is 29.6 Å². The molecular weight excluding hydrogens is 306 g/mol. The van der Waals surface area contributed by atoms with Gasteiger partial charge in [0.2, 0.25) is 17.2 Å². The van der Waals surface area contributed by atoms with Crippen LogP contribution in [0.3, 0.4) is 0 Å². The zero-order valence-corrected chi connectivity index (χ0v) is 14.5. The van der Waals surface area contributed by atoms with Crippen LogP contribution in [0.4, 0.5) is 11.9 Å². The largest absolute Gasteiger partial charge is 0.350 e. The van der Waals surface area contributed by atoms with Crippen LogP contribution in [0.5, 0.6) is 0 Å². The predicted octanol–water partition coefficient (Wildman–Crippen LogP) is 3.46. The van der Waals surface area contributed by atoms with Gasteiger partial charge in [0.25, 0.3) is 0 Å². The Morgan fingerprint density at radius 1 is 1.19 bits per heavy atom. The summed E-state index contributed by atoms with van der Waals surface area (Å²) in [7, 11) is 0. The minimum Gasteiger partial charge on any atom is -0.350 e. The summed E-state index contributed by atoms with van der Waals surface area (Å²) >= 11 is 7.98. The monoisotopic (exact) mass is 329 g/mol. The first-order valence-corrected chi connectivity index (χ1v) is 9.30. The third kappa shape index (κ3) is 4.36. The lowest BCUT2D eigenvalue weighted by Gasteiger charge is -2.31. The maximum Gasteiger partial charge on any atom is 0.231 e. The van der Waals surface area contributed by atoms with Gasteiger partial charge in [-0.3, -0.25) is 0 Å². The van der Waals surface area contributed by atoms with Crippen LogP contribution in [-0.4, -0.2) is 45.6 Å². The molecule has 7 heteroatoms. The van der Waals surface area contributed by atoms with Crippen molar-refractivity contribution in [3.63, 3.8) is 0 Å². The van der Waals surface area contributed by atoms with Gasteiger partial charge in [0.05, 0.1) is 0 Å². The van der Waals surface area contributed by atoms with Gasteiger partial charge < -0.3 is 10.2 Å². The smallest absolute Gasteiger partial charge is 0.231 e. The van der Waals surface area contributed by atoms with Gasteiger partial charge in [-0.1, -0.05) is 12.8 Å². The SMILES string of the molecule is CCN(CC)c1nc(Cl)nc(NC2CCCCC2SC)n1. The number of rotatable bonds is 6. The van der Waals surface area contributed by atoms with Crippen LogP contribution in [0.2, 0.25) is 5.28 Å². The first-order valence-electron chi connectivity index (χ1n) is 7.63. The Morgan fingerprint density at radius 3 is 2.57 bits per heavy atom. The lowest BCUT2D eigenvalue weighted by molar-refractivity contribution is 0.473. The zero-order chi connectivity index (χ0) is 15.2. The summed E-state index contributed by atoms with van der Waals surface area (Å²) in [4.78, 5) is 15.1. The van der Waals surface area contributed by atoms with Gasteiger partial charge in [-0.25, -0.2) is 0 Å². The van der Waals surface area contributed by atoms with Crippen molar-refractivity contribution in [1.82, 2.24) is 15.0 Å². The molecule has 0 aliphatic heterocycles. The summed E-state index contributed by atoms with van der Waals surface area (Å²) in [5.41, 5.74) is 0. The highest BCUT2D eigenvalue weighted by Crippen LogP contribution is 2.29. The van der Waals surface area contributed by atoms with Gasteiger partial charge in [0.15, 0.2) is 0 Å². The first-order chi connectivity index (χ1) is 10.2. The third-order valence-electron chi connectivity index (χ3n) is 3.96. The van der Waals surface area contributed by atoms with E-state index in [-0.39, 0.29) is 5.28 Å². The highest BCUT2D eigenvalue weighted by molar-refractivity contribution is 7.99. The summed E-state index contributed by atoms with van der Waals surface area (Å²) in [5, 5.41) is 4.34. The van der Waals surface area contributed by atoms with E-state index in [1.165, 1.54) is 19.3 Å². The van der Waals surface area contributed by atoms with Crippen LogP contribution in [0.15, 0.2) is 0 Å². The number of hydrogen-bond donors (Lipinski definition) is 1. The van der Waals surface area contributed by atoms with Gasteiger partial charge in [-0.05, 0) is 44.5 Å². The predicted molar refractivity (Wildman–Crippen MR) is 91.6 cm³/mol. The van der Waals surface area contributed by atoms with Crippen molar-refractivity contribution >= 4 is 35.3 Å². The van der Waals surface area contributed by atoms with Crippen LogP contribution in [-0.2, 0) is 0 Å². The fourth-order valence-corrected chi connectivity index (χ4v) is 3.85. The highest BCUT2D eigenvalue weighted by atomic mass is 35.5. The van der Waals surface area contributed by atoms with Crippen molar-refractivity contribution in [2.24, 2.45) is 0 Å². The number of aromatic nitrogens is 3. The van der Waals surface area contributed by atoms with Crippen LogP contribution in [0, 0.1) is 0 Å². The van der Waals surface area contributed by atoms with E-state index < -0.39 is 0 Å². The zero-order valence-electron chi connectivity index (χ0n) is 13.0. The molecule has 1 aliphatic rings. The molecule has 2 atom stereocenters. The molecule has 0 radical (unpaired) electrons. The van der Waals surface area contributed by atoms with Gasteiger partial charge in [0.1, 0.15) is 0 Å². The van der Waals surface area contributed by atoms with Crippen LogP contribution in [0.25, 0.3) is 0 Å². The van der Waals surface area contributed by atoms with E-state index in [1.54, 1.807) is 0 Å². The molecule has 1 fully saturated rings. The fourth-order valence-electron chi connectivity index (χ4n) is 2.76. The van der Waals surface area contributed by atoms with E-state index in [4.69, 9.17) is 11.6 Å². The summed E-state index contributed by atoms with van der Waals surface area (Å²) in [6, 6.07) is 0.414. The average Bonchev–Trinajstić information content (AvgIpc) is 2.48. The first kappa shape index (κ1) is 16.6. The third-order valence-corrected chi connectivity index (χ3v) is 5.30. The molecule has 1 heterocycles. The number of nitrogens with zero attached hydrogens (tertiary/aromatic N) is 4. The minimum absolute atomic E-state index is 0.255. The van der Waals surface area contributed by atoms with E-state index in [2.05, 4.69) is 45.3 Å². The van der Waals surface area contributed by atoms with Crippen molar-refractivity contribution < 1.29 is 0 Å². The standard InChI is InChI=1S/C14H24ClN5S/c1-4-20(5-2)14-18-12(15)17-13(19-14)16-10-8-6-7-9-11(10)21-3/h10-11H,4-9H2,1-3H3,(H,16,17,18,19). The lowest BCUT2D eigenvalue weighted by atomic mass is 9.95. The van der Waals surface area contributed by atoms with Crippen molar-refractivity contribution in [3.05, 3.63) is 5.28 Å². The normalized spacial score (nSPS) is 22.1. The molecule has 2 unspecified atom stereocenters. The summed E-state index contributed by atoms with van der Waals surface area (Å²) in [5.74, 6) is 1.25. The molecular formula is C14H24ClN5S. The Bertz CT molecular complexity index is 455. The molecule has 0 spiro atoms. The highest BCUT2D eigenvalue weighted by Gasteiger charge is 2.25. The molecule has 1 aromatic heterocycles. The molecule has 21 heavy (non-hydrogen) atoms. The second-order valence-corrected chi connectivity index (χ2v) is 6.62. The molecule has 118 valence electrons. The molecule has 1 saturated carbocycles. The molecule has 0 aromatic carbocycles. The summed E-state index contributed by atoms with van der Waals surface area (Å²) in [6.07, 6.45) is 7.16. The van der Waals surface area contributed by atoms with Crippen LogP contribution >= 0.6 is 23.4 Å². The Labute approximate surface area is 136 Å². The molecule has 0 saturated heterocycles. The fraction of sp³-hybridized carbons (Fsp3) is 0.786. The molecule has 1 aliphatic carbocycles. The Kier molecular flexibility index (Phi) is 6.36. The van der Waals surface area contributed by atoms with Crippen LogP contribution < -0.4 is 10.2 Å². The van der Waals surface area contributed by atoms with E-state index >= 15 is 0 Å². The summed E-state index contributed by atoms with van der Waals surface area (Å²) in [6.45, 7) is 5.87. The van der Waals surface area contributed by atoms with E-state index in [0.717, 1.165) is 19.5 Å². The quantitative estimate of drug-likeness (QED) is 0.862. The minimum atomic E-state index is 0.255. The van der Waals surface area contributed by atoms with Gasteiger partial charge >= 0.3 is 0 Å². The van der Waals surface area contributed by atoms with Crippen LogP contribution in [0.1, 0.15) is 39.5 Å². The molecule has 1 aromatic rings. The second kappa shape index (κ2) is 8.03. The number of hydrogen-bond acceptors (Lipinski definition) is 6. The van der Waals surface area contributed by atoms with E-state index in [1.807, 2.05) is 11.8 Å². The maximum atomic E-state index is 6.06. The molecule has 2 rings (SSSR count). The second-order valence-electron chi connectivity index (χ2n) is 5.21. The van der Waals surface area contributed by atoms with Gasteiger partial charge in [-0.2, -0.15) is 26.7 Å². The van der Waals surface area contributed by atoms with Crippen molar-refractivity contribution in [2.45, 2.75) is 50.8 Å². The number of anilines is 2. The van der Waals surface area contributed by atoms with Crippen molar-refractivity contribution in [1.29, 1.82) is 0 Å². The van der Waals surface area contributed by atoms with Crippen molar-refractivity contribution in [3.8, 4) is 0 Å². The van der Waals surface area contributed by atoms with Gasteiger partial charge in [0, 0.05) is 24.4 Å². The van der Waals surface area contributed by atoms with E-state index in [9.17, 15) is 0 Å². The molecule has 5 nitrogen and oxygen atoms in total. The van der Waals surface area contributed by atoms with E-state index in [0.29, 0.717) is 23.2 Å². The molecule has 1 N–H and O–H groups in total.